The van der Waals surface area contributed by atoms with Crippen LogP contribution in [-0.4, -0.2) is 13.2 Å². The molecule has 0 saturated heterocycles. The van der Waals surface area contributed by atoms with Crippen LogP contribution < -0.4 is 9.47 Å². The van der Waals surface area contributed by atoms with Crippen LogP contribution in [0.25, 0.3) is 0 Å². The van der Waals surface area contributed by atoms with Crippen molar-refractivity contribution >= 4 is 38.9 Å². The van der Waals surface area contributed by atoms with Gasteiger partial charge in [0, 0.05) is 16.0 Å². The van der Waals surface area contributed by atoms with Crippen LogP contribution in [0.3, 0.4) is 0 Å². The van der Waals surface area contributed by atoms with Gasteiger partial charge in [-0.3, -0.25) is 0 Å². The lowest BCUT2D eigenvalue weighted by molar-refractivity contribution is 0.287. The lowest BCUT2D eigenvalue weighted by Crippen LogP contribution is -2.01. The van der Waals surface area contributed by atoms with Crippen molar-refractivity contribution in [2.24, 2.45) is 0 Å². The number of thiophene rings is 1. The van der Waals surface area contributed by atoms with Crippen LogP contribution in [0.15, 0.2) is 29.6 Å². The molecule has 2 rings (SSSR count). The van der Waals surface area contributed by atoms with Gasteiger partial charge < -0.3 is 9.47 Å². The van der Waals surface area contributed by atoms with E-state index < -0.39 is 0 Å². The molecule has 0 radical (unpaired) electrons. The van der Waals surface area contributed by atoms with Crippen LogP contribution in [0.2, 0.25) is 5.02 Å². The van der Waals surface area contributed by atoms with Gasteiger partial charge in [0.25, 0.3) is 0 Å². The summed E-state index contributed by atoms with van der Waals surface area (Å²) in [4.78, 5) is 1.27. The summed E-state index contributed by atoms with van der Waals surface area (Å²) >= 11 is 11.8. The maximum Gasteiger partial charge on any atom is 0.162 e. The quantitative estimate of drug-likeness (QED) is 0.604. The molecule has 108 valence electrons. The molecule has 1 heterocycles. The Kier molecular flexibility index (Phi) is 5.75. The zero-order valence-electron chi connectivity index (χ0n) is 11.4. The van der Waals surface area contributed by atoms with E-state index in [2.05, 4.69) is 27.4 Å². The van der Waals surface area contributed by atoms with Crippen molar-refractivity contribution in [3.8, 4) is 11.5 Å². The van der Waals surface area contributed by atoms with Crippen molar-refractivity contribution in [2.75, 3.05) is 13.2 Å². The van der Waals surface area contributed by atoms with Gasteiger partial charge in [-0.2, -0.15) is 0 Å². The molecule has 0 amide bonds. The van der Waals surface area contributed by atoms with E-state index in [9.17, 15) is 0 Å². The molecule has 0 aliphatic heterocycles. The van der Waals surface area contributed by atoms with Crippen molar-refractivity contribution in [1.29, 1.82) is 0 Å². The van der Waals surface area contributed by atoms with Crippen LogP contribution in [-0.2, 0) is 0 Å². The molecule has 0 saturated carbocycles. The first-order valence-corrected chi connectivity index (χ1v) is 8.61. The van der Waals surface area contributed by atoms with E-state index in [4.69, 9.17) is 21.1 Å². The standard InChI is InChI=1S/C15H16BrClO2S/c1-3-18-12-8-10(11(17)9-13(12)19-4-2)15(16)14-6-5-7-20-14/h5-9,15H,3-4H2,1-2H3. The van der Waals surface area contributed by atoms with E-state index in [0.717, 1.165) is 11.3 Å². The predicted molar refractivity (Wildman–Crippen MR) is 88.9 cm³/mol. The minimum atomic E-state index is 0.0601. The Hall–Kier alpha value is -0.710. The largest absolute Gasteiger partial charge is 0.490 e. The molecular formula is C15H16BrClO2S. The predicted octanol–water partition coefficient (Wildman–Crippen LogP) is 5.68. The van der Waals surface area contributed by atoms with E-state index in [-0.39, 0.29) is 4.83 Å². The summed E-state index contributed by atoms with van der Waals surface area (Å²) in [6, 6.07) is 7.89. The third-order valence-electron chi connectivity index (χ3n) is 2.73. The molecule has 0 aliphatic rings. The molecule has 1 unspecified atom stereocenters. The molecule has 1 aromatic carbocycles. The second-order valence-electron chi connectivity index (χ2n) is 4.06. The Bertz CT molecular complexity index is 557. The fraction of sp³-hybridized carbons (Fsp3) is 0.333. The summed E-state index contributed by atoms with van der Waals surface area (Å²) in [5, 5.41) is 2.72. The molecule has 0 bridgehead atoms. The molecule has 0 spiro atoms. The number of ether oxygens (including phenoxy) is 2. The Labute approximate surface area is 136 Å². The van der Waals surface area contributed by atoms with E-state index in [1.807, 2.05) is 32.0 Å². The molecule has 2 nitrogen and oxygen atoms in total. The number of benzene rings is 1. The molecule has 0 N–H and O–H groups in total. The summed E-state index contributed by atoms with van der Waals surface area (Å²) in [6.45, 7) is 5.07. The minimum absolute atomic E-state index is 0.0601. The second kappa shape index (κ2) is 7.34. The van der Waals surface area contributed by atoms with Crippen molar-refractivity contribution in [1.82, 2.24) is 0 Å². The summed E-state index contributed by atoms with van der Waals surface area (Å²) in [7, 11) is 0. The molecule has 1 atom stereocenters. The molecule has 1 aromatic heterocycles. The smallest absolute Gasteiger partial charge is 0.162 e. The number of halogens is 2. The molecule has 2 aromatic rings. The van der Waals surface area contributed by atoms with Crippen LogP contribution in [0.1, 0.15) is 29.1 Å². The SMILES string of the molecule is CCOc1cc(Cl)c(C(Br)c2cccs2)cc1OCC. The summed E-state index contributed by atoms with van der Waals surface area (Å²) < 4.78 is 11.2. The van der Waals surface area contributed by atoms with Crippen LogP contribution >= 0.6 is 38.9 Å². The van der Waals surface area contributed by atoms with Gasteiger partial charge in [-0.15, -0.1) is 11.3 Å². The van der Waals surface area contributed by atoms with E-state index >= 15 is 0 Å². The fourth-order valence-electron chi connectivity index (χ4n) is 1.87. The number of rotatable bonds is 6. The maximum absolute atomic E-state index is 6.39. The molecule has 0 fully saturated rings. The van der Waals surface area contributed by atoms with E-state index in [1.54, 1.807) is 11.3 Å². The van der Waals surface area contributed by atoms with Gasteiger partial charge in [0.05, 0.1) is 18.0 Å². The highest BCUT2D eigenvalue weighted by Gasteiger charge is 2.18. The number of alkyl halides is 1. The van der Waals surface area contributed by atoms with Crippen LogP contribution in [0.4, 0.5) is 0 Å². The normalized spacial score (nSPS) is 12.2. The van der Waals surface area contributed by atoms with Crippen molar-refractivity contribution in [2.45, 2.75) is 18.7 Å². The Morgan fingerprint density at radius 3 is 2.40 bits per heavy atom. The third kappa shape index (κ3) is 3.48. The second-order valence-corrected chi connectivity index (χ2v) is 6.37. The van der Waals surface area contributed by atoms with Gasteiger partial charge in [0.15, 0.2) is 11.5 Å². The zero-order valence-corrected chi connectivity index (χ0v) is 14.5. The fourth-order valence-corrected chi connectivity index (χ4v) is 3.84. The van der Waals surface area contributed by atoms with Crippen molar-refractivity contribution in [3.63, 3.8) is 0 Å². The summed E-state index contributed by atoms with van der Waals surface area (Å²) in [5.41, 5.74) is 0.987. The average molecular weight is 376 g/mol. The van der Waals surface area contributed by atoms with Crippen molar-refractivity contribution in [3.05, 3.63) is 45.1 Å². The molecule has 5 heteroatoms. The Morgan fingerprint density at radius 1 is 1.20 bits per heavy atom. The van der Waals surface area contributed by atoms with Crippen LogP contribution in [0.5, 0.6) is 11.5 Å². The van der Waals surface area contributed by atoms with E-state index in [1.165, 1.54) is 4.88 Å². The molecule has 0 aliphatic carbocycles. The minimum Gasteiger partial charge on any atom is -0.490 e. The highest BCUT2D eigenvalue weighted by Crippen LogP contribution is 2.42. The first-order chi connectivity index (χ1) is 9.67. The lowest BCUT2D eigenvalue weighted by Gasteiger charge is -2.16. The zero-order chi connectivity index (χ0) is 14.5. The first-order valence-electron chi connectivity index (χ1n) is 6.43. The first kappa shape index (κ1) is 15.7. The monoisotopic (exact) mass is 374 g/mol. The Morgan fingerprint density at radius 2 is 1.85 bits per heavy atom. The van der Waals surface area contributed by atoms with Gasteiger partial charge in [-0.05, 0) is 36.9 Å². The number of hydrogen-bond donors (Lipinski definition) is 0. The van der Waals surface area contributed by atoms with Gasteiger partial charge in [-0.1, -0.05) is 33.6 Å². The average Bonchev–Trinajstić information content (AvgIpc) is 2.95. The topological polar surface area (TPSA) is 18.5 Å². The lowest BCUT2D eigenvalue weighted by atomic mass is 10.1. The highest BCUT2D eigenvalue weighted by molar-refractivity contribution is 9.09. The summed E-state index contributed by atoms with van der Waals surface area (Å²) in [6.07, 6.45) is 0. The van der Waals surface area contributed by atoms with Crippen LogP contribution in [0, 0.1) is 0 Å². The molecule has 20 heavy (non-hydrogen) atoms. The highest BCUT2D eigenvalue weighted by atomic mass is 79.9. The number of hydrogen-bond acceptors (Lipinski definition) is 3. The Balaban J connectivity index is 2.40. The van der Waals surface area contributed by atoms with Crippen molar-refractivity contribution < 1.29 is 9.47 Å². The third-order valence-corrected chi connectivity index (χ3v) is 5.28. The summed E-state index contributed by atoms with van der Waals surface area (Å²) in [5.74, 6) is 1.42. The molecular weight excluding hydrogens is 360 g/mol. The van der Waals surface area contributed by atoms with Gasteiger partial charge in [0.2, 0.25) is 0 Å². The van der Waals surface area contributed by atoms with E-state index in [0.29, 0.717) is 24.0 Å². The maximum atomic E-state index is 6.39. The van der Waals surface area contributed by atoms with Gasteiger partial charge in [-0.25, -0.2) is 0 Å². The van der Waals surface area contributed by atoms with Gasteiger partial charge >= 0.3 is 0 Å². The van der Waals surface area contributed by atoms with Gasteiger partial charge in [0.1, 0.15) is 0 Å².